The molecule has 1 atom stereocenters. The summed E-state index contributed by atoms with van der Waals surface area (Å²) in [7, 11) is 0. The highest BCUT2D eigenvalue weighted by Gasteiger charge is 2.35. The number of rotatable bonds is 3. The number of hydrogen-bond acceptors (Lipinski definition) is 3. The Morgan fingerprint density at radius 1 is 0.950 bits per heavy atom. The van der Waals surface area contributed by atoms with Crippen LogP contribution in [0.1, 0.15) is 57.8 Å². The van der Waals surface area contributed by atoms with Crippen LogP contribution in [0.4, 0.5) is 0 Å². The van der Waals surface area contributed by atoms with E-state index in [2.05, 4.69) is 22.0 Å². The Bertz CT molecular complexity index is 322. The number of carbonyl (C=O) groups excluding carboxylic acids is 1. The van der Waals surface area contributed by atoms with Crippen LogP contribution in [-0.4, -0.2) is 47.0 Å². The predicted octanol–water partition coefficient (Wildman–Crippen LogP) is 2.80. The average molecular weight is 296 g/mol. The van der Waals surface area contributed by atoms with Gasteiger partial charge in [-0.05, 0) is 37.2 Å². The van der Waals surface area contributed by atoms with Crippen LogP contribution < -0.4 is 5.32 Å². The van der Waals surface area contributed by atoms with Gasteiger partial charge in [0, 0.05) is 31.1 Å². The topological polar surface area (TPSA) is 32.3 Å². The summed E-state index contributed by atoms with van der Waals surface area (Å²) in [6.07, 6.45) is 11.1. The summed E-state index contributed by atoms with van der Waals surface area (Å²) in [6, 6.07) is 1.61. The van der Waals surface area contributed by atoms with Crippen molar-refractivity contribution in [2.24, 2.45) is 0 Å². The largest absolute Gasteiger partial charge is 0.338 e. The molecule has 2 heterocycles. The van der Waals surface area contributed by atoms with Gasteiger partial charge in [-0.3, -0.25) is 4.79 Å². The lowest BCUT2D eigenvalue weighted by atomic mass is 10.1. The highest BCUT2D eigenvalue weighted by Crippen LogP contribution is 2.26. The Hall–Kier alpha value is -0.220. The smallest absolute Gasteiger partial charge is 0.224 e. The van der Waals surface area contributed by atoms with E-state index in [0.29, 0.717) is 24.0 Å². The number of likely N-dealkylation sites (tertiary alicyclic amines) is 1. The lowest BCUT2D eigenvalue weighted by molar-refractivity contribution is -0.129. The third-order valence-electron chi connectivity index (χ3n) is 5.12. The Kier molecular flexibility index (Phi) is 5.27. The average Bonchev–Trinajstić information content (AvgIpc) is 2.68. The van der Waals surface area contributed by atoms with Gasteiger partial charge in [0.2, 0.25) is 5.91 Å². The van der Waals surface area contributed by atoms with Gasteiger partial charge in [-0.25, -0.2) is 0 Å². The predicted molar refractivity (Wildman–Crippen MR) is 85.1 cm³/mol. The van der Waals surface area contributed by atoms with E-state index in [-0.39, 0.29) is 0 Å². The van der Waals surface area contributed by atoms with Crippen molar-refractivity contribution in [1.82, 2.24) is 10.2 Å². The summed E-state index contributed by atoms with van der Waals surface area (Å²) >= 11 is 2.07. The second kappa shape index (κ2) is 7.17. The molecule has 20 heavy (non-hydrogen) atoms. The van der Waals surface area contributed by atoms with Gasteiger partial charge in [0.15, 0.2) is 0 Å². The molecule has 0 aromatic rings. The van der Waals surface area contributed by atoms with E-state index >= 15 is 0 Å². The van der Waals surface area contributed by atoms with E-state index in [4.69, 9.17) is 0 Å². The lowest BCUT2D eigenvalue weighted by Crippen LogP contribution is -2.43. The monoisotopic (exact) mass is 296 g/mol. The lowest BCUT2D eigenvalue weighted by Gasteiger charge is -2.29. The van der Waals surface area contributed by atoms with E-state index in [1.54, 1.807) is 0 Å². The van der Waals surface area contributed by atoms with E-state index < -0.39 is 0 Å². The van der Waals surface area contributed by atoms with Crippen molar-refractivity contribution in [3.05, 3.63) is 0 Å². The molecular weight excluding hydrogens is 268 g/mol. The van der Waals surface area contributed by atoms with Crippen molar-refractivity contribution in [3.8, 4) is 0 Å². The van der Waals surface area contributed by atoms with Crippen molar-refractivity contribution < 1.29 is 4.79 Å². The Morgan fingerprint density at radius 3 is 2.35 bits per heavy atom. The van der Waals surface area contributed by atoms with Crippen LogP contribution in [-0.2, 0) is 4.79 Å². The zero-order valence-corrected chi connectivity index (χ0v) is 13.3. The number of hydrogen-bond donors (Lipinski definition) is 1. The zero-order valence-electron chi connectivity index (χ0n) is 12.5. The van der Waals surface area contributed by atoms with Crippen LogP contribution in [0.15, 0.2) is 0 Å². The first-order valence-electron chi connectivity index (χ1n) is 8.46. The van der Waals surface area contributed by atoms with Gasteiger partial charge >= 0.3 is 0 Å². The molecule has 3 fully saturated rings. The first kappa shape index (κ1) is 14.7. The van der Waals surface area contributed by atoms with Crippen LogP contribution in [0.25, 0.3) is 0 Å². The molecule has 114 valence electrons. The highest BCUT2D eigenvalue weighted by molar-refractivity contribution is 7.99. The summed E-state index contributed by atoms with van der Waals surface area (Å²) in [4.78, 5) is 14.5. The SMILES string of the molecule is O=C1C[C@@H](NC2CCSCC2)CN1C1CCCCCC1. The molecule has 0 spiro atoms. The number of amides is 1. The molecule has 1 saturated carbocycles. The highest BCUT2D eigenvalue weighted by atomic mass is 32.2. The minimum Gasteiger partial charge on any atom is -0.338 e. The minimum absolute atomic E-state index is 0.402. The molecule has 3 nitrogen and oxygen atoms in total. The number of thioether (sulfide) groups is 1. The van der Waals surface area contributed by atoms with Gasteiger partial charge in [-0.15, -0.1) is 0 Å². The van der Waals surface area contributed by atoms with Gasteiger partial charge in [0.1, 0.15) is 0 Å². The normalized spacial score (nSPS) is 30.7. The first-order valence-corrected chi connectivity index (χ1v) is 9.61. The number of nitrogens with zero attached hydrogens (tertiary/aromatic N) is 1. The van der Waals surface area contributed by atoms with Crippen LogP contribution >= 0.6 is 11.8 Å². The van der Waals surface area contributed by atoms with Crippen molar-refractivity contribution in [1.29, 1.82) is 0 Å². The molecule has 4 heteroatoms. The van der Waals surface area contributed by atoms with E-state index in [9.17, 15) is 4.79 Å². The zero-order chi connectivity index (χ0) is 13.8. The van der Waals surface area contributed by atoms with Gasteiger partial charge < -0.3 is 10.2 Å². The molecule has 1 N–H and O–H groups in total. The molecule has 3 rings (SSSR count). The fourth-order valence-corrected chi connectivity index (χ4v) is 5.07. The molecule has 0 bridgehead atoms. The third kappa shape index (κ3) is 3.70. The summed E-state index contributed by atoms with van der Waals surface area (Å²) in [5.41, 5.74) is 0. The standard InChI is InChI=1S/C16H28N2OS/c19-16-11-14(17-13-7-9-20-10-8-13)12-18(16)15-5-3-1-2-4-6-15/h13-15,17H,1-12H2/t14-/m1/s1. The maximum absolute atomic E-state index is 12.3. The second-order valence-electron chi connectivity index (χ2n) is 6.65. The van der Waals surface area contributed by atoms with Crippen LogP contribution in [0.3, 0.4) is 0 Å². The van der Waals surface area contributed by atoms with Crippen molar-refractivity contribution in [2.75, 3.05) is 18.1 Å². The van der Waals surface area contributed by atoms with Crippen molar-refractivity contribution >= 4 is 17.7 Å². The molecule has 0 unspecified atom stereocenters. The maximum atomic E-state index is 12.3. The molecule has 1 aliphatic carbocycles. The van der Waals surface area contributed by atoms with Gasteiger partial charge in [0.05, 0.1) is 0 Å². The molecule has 2 aliphatic heterocycles. The summed E-state index contributed by atoms with van der Waals surface area (Å²) in [5, 5.41) is 3.76. The first-order chi connectivity index (χ1) is 9.83. The quantitative estimate of drug-likeness (QED) is 0.813. The molecule has 0 aromatic heterocycles. The summed E-state index contributed by atoms with van der Waals surface area (Å²) < 4.78 is 0. The maximum Gasteiger partial charge on any atom is 0.224 e. The summed E-state index contributed by atoms with van der Waals surface area (Å²) in [5.74, 6) is 2.97. The van der Waals surface area contributed by atoms with Crippen LogP contribution in [0.2, 0.25) is 0 Å². The van der Waals surface area contributed by atoms with Gasteiger partial charge in [-0.2, -0.15) is 11.8 Å². The van der Waals surface area contributed by atoms with Gasteiger partial charge in [-0.1, -0.05) is 25.7 Å². The van der Waals surface area contributed by atoms with Crippen LogP contribution in [0.5, 0.6) is 0 Å². The Morgan fingerprint density at radius 2 is 1.65 bits per heavy atom. The fraction of sp³-hybridized carbons (Fsp3) is 0.938. The van der Waals surface area contributed by atoms with E-state index in [1.807, 2.05) is 0 Å². The summed E-state index contributed by atoms with van der Waals surface area (Å²) in [6.45, 7) is 0.965. The fourth-order valence-electron chi connectivity index (χ4n) is 3.96. The molecule has 2 saturated heterocycles. The molecule has 1 amide bonds. The number of nitrogens with one attached hydrogen (secondary N) is 1. The number of carbonyl (C=O) groups is 1. The Labute approximate surface area is 127 Å². The van der Waals surface area contributed by atoms with Gasteiger partial charge in [0.25, 0.3) is 0 Å². The molecule has 3 aliphatic rings. The van der Waals surface area contributed by atoms with E-state index in [0.717, 1.165) is 13.0 Å². The van der Waals surface area contributed by atoms with E-state index in [1.165, 1.54) is 62.9 Å². The van der Waals surface area contributed by atoms with Crippen molar-refractivity contribution in [2.45, 2.75) is 75.9 Å². The van der Waals surface area contributed by atoms with Crippen molar-refractivity contribution in [3.63, 3.8) is 0 Å². The molecule has 0 radical (unpaired) electrons. The molecular formula is C16H28N2OS. The second-order valence-corrected chi connectivity index (χ2v) is 7.87. The van der Waals surface area contributed by atoms with Crippen LogP contribution in [0, 0.1) is 0 Å². The Balaban J connectivity index is 1.51. The third-order valence-corrected chi connectivity index (χ3v) is 6.17. The minimum atomic E-state index is 0.402. The molecule has 0 aromatic carbocycles.